The van der Waals surface area contributed by atoms with Crippen LogP contribution < -0.4 is 10.5 Å². The summed E-state index contributed by atoms with van der Waals surface area (Å²) in [5.74, 6) is 1.01. The number of benzene rings is 1. The van der Waals surface area contributed by atoms with Gasteiger partial charge in [0.1, 0.15) is 5.75 Å². The van der Waals surface area contributed by atoms with Crippen LogP contribution >= 0.6 is 0 Å². The third-order valence-corrected chi connectivity index (χ3v) is 3.68. The number of aliphatic hydroxyl groups is 1. The molecule has 0 amide bonds. The third-order valence-electron chi connectivity index (χ3n) is 3.68. The summed E-state index contributed by atoms with van der Waals surface area (Å²) in [6, 6.07) is 5.64. The quantitative estimate of drug-likeness (QED) is 0.318. The Morgan fingerprint density at radius 1 is 1.55 bits per heavy atom. The van der Waals surface area contributed by atoms with Crippen LogP contribution in [0.3, 0.4) is 0 Å². The van der Waals surface area contributed by atoms with Crippen molar-refractivity contribution in [2.75, 3.05) is 26.8 Å². The summed E-state index contributed by atoms with van der Waals surface area (Å²) < 4.78 is 5.29. The minimum Gasteiger partial charge on any atom is -0.496 e. The number of rotatable bonds is 5. The lowest BCUT2D eigenvalue weighted by Crippen LogP contribution is -2.21. The first-order valence-electron chi connectivity index (χ1n) is 6.66. The fraction of sp³-hybridized carbons (Fsp3) is 0.500. The SMILES string of the molecule is COc1cc(CN2CCC(CO)C2)ccc1/C(N)=N/O. The highest BCUT2D eigenvalue weighted by Gasteiger charge is 2.21. The summed E-state index contributed by atoms with van der Waals surface area (Å²) in [6.45, 7) is 2.97. The van der Waals surface area contributed by atoms with Crippen LogP contribution in [0, 0.1) is 5.92 Å². The smallest absolute Gasteiger partial charge is 0.173 e. The van der Waals surface area contributed by atoms with Gasteiger partial charge in [-0.25, -0.2) is 0 Å². The summed E-state index contributed by atoms with van der Waals surface area (Å²) >= 11 is 0. The molecule has 1 heterocycles. The maximum atomic E-state index is 9.16. The van der Waals surface area contributed by atoms with Gasteiger partial charge >= 0.3 is 0 Å². The molecule has 0 spiro atoms. The zero-order valence-electron chi connectivity index (χ0n) is 11.6. The van der Waals surface area contributed by atoms with Crippen molar-refractivity contribution >= 4 is 5.84 Å². The second-order valence-electron chi connectivity index (χ2n) is 5.09. The molecule has 6 heteroatoms. The van der Waals surface area contributed by atoms with Gasteiger partial charge in [-0.3, -0.25) is 4.90 Å². The van der Waals surface area contributed by atoms with Crippen molar-refractivity contribution in [3.63, 3.8) is 0 Å². The summed E-state index contributed by atoms with van der Waals surface area (Å²) in [6.07, 6.45) is 1.04. The van der Waals surface area contributed by atoms with Crippen LogP contribution in [-0.2, 0) is 6.54 Å². The van der Waals surface area contributed by atoms with Gasteiger partial charge in [-0.05, 0) is 36.6 Å². The van der Waals surface area contributed by atoms with Crippen molar-refractivity contribution in [3.05, 3.63) is 29.3 Å². The number of methoxy groups -OCH3 is 1. The molecule has 110 valence electrons. The van der Waals surface area contributed by atoms with Crippen molar-refractivity contribution in [1.29, 1.82) is 0 Å². The molecule has 20 heavy (non-hydrogen) atoms. The highest BCUT2D eigenvalue weighted by atomic mass is 16.5. The molecule has 6 nitrogen and oxygen atoms in total. The van der Waals surface area contributed by atoms with Crippen LogP contribution in [0.5, 0.6) is 5.75 Å². The Morgan fingerprint density at radius 2 is 2.35 bits per heavy atom. The van der Waals surface area contributed by atoms with Gasteiger partial charge < -0.3 is 20.8 Å². The van der Waals surface area contributed by atoms with Gasteiger partial charge in [0.15, 0.2) is 5.84 Å². The fourth-order valence-electron chi connectivity index (χ4n) is 2.56. The van der Waals surface area contributed by atoms with Gasteiger partial charge in [-0.1, -0.05) is 11.2 Å². The number of hydrogen-bond donors (Lipinski definition) is 3. The van der Waals surface area contributed by atoms with Gasteiger partial charge in [0.2, 0.25) is 0 Å². The lowest BCUT2D eigenvalue weighted by Gasteiger charge is -2.17. The first kappa shape index (κ1) is 14.6. The molecule has 0 radical (unpaired) electrons. The Kier molecular flexibility index (Phi) is 4.81. The topological polar surface area (TPSA) is 91.3 Å². The highest BCUT2D eigenvalue weighted by molar-refractivity contribution is 5.99. The van der Waals surface area contributed by atoms with Crippen LogP contribution in [0.25, 0.3) is 0 Å². The minimum absolute atomic E-state index is 0.0370. The van der Waals surface area contributed by atoms with Crippen LogP contribution in [-0.4, -0.2) is 47.9 Å². The summed E-state index contributed by atoms with van der Waals surface area (Å²) in [5.41, 5.74) is 7.29. The molecule has 1 fully saturated rings. The Balaban J connectivity index is 2.10. The van der Waals surface area contributed by atoms with Gasteiger partial charge in [0, 0.05) is 19.7 Å². The van der Waals surface area contributed by atoms with E-state index in [1.54, 1.807) is 13.2 Å². The minimum atomic E-state index is 0.0370. The standard InChI is InChI=1S/C14H21N3O3/c1-20-13-6-10(2-3-12(13)14(15)16-19)7-17-5-4-11(8-17)9-18/h2-3,6,11,18-19H,4-5,7-9H2,1H3,(H2,15,16). The normalized spacial score (nSPS) is 20.3. The molecule has 1 saturated heterocycles. The van der Waals surface area contributed by atoms with E-state index in [1.165, 1.54) is 0 Å². The van der Waals surface area contributed by atoms with E-state index in [4.69, 9.17) is 20.8 Å². The number of ether oxygens (including phenoxy) is 1. The molecule has 1 aromatic carbocycles. The summed E-state index contributed by atoms with van der Waals surface area (Å²) in [7, 11) is 1.56. The fourth-order valence-corrected chi connectivity index (χ4v) is 2.56. The molecule has 1 aliphatic rings. The average Bonchev–Trinajstić information content (AvgIpc) is 2.94. The number of nitrogens with zero attached hydrogens (tertiary/aromatic N) is 2. The summed E-state index contributed by atoms with van der Waals surface area (Å²) in [4.78, 5) is 2.30. The van der Waals surface area contributed by atoms with Crippen molar-refractivity contribution < 1.29 is 15.1 Å². The predicted molar refractivity (Wildman–Crippen MR) is 76.0 cm³/mol. The van der Waals surface area contributed by atoms with E-state index in [1.807, 2.05) is 12.1 Å². The van der Waals surface area contributed by atoms with Gasteiger partial charge in [0.05, 0.1) is 12.7 Å². The lowest BCUT2D eigenvalue weighted by atomic mass is 10.1. The first-order valence-corrected chi connectivity index (χ1v) is 6.66. The number of likely N-dealkylation sites (tertiary alicyclic amines) is 1. The molecule has 0 saturated carbocycles. The molecule has 0 aliphatic carbocycles. The first-order chi connectivity index (χ1) is 9.67. The van der Waals surface area contributed by atoms with E-state index in [0.717, 1.165) is 31.6 Å². The molecule has 1 atom stereocenters. The Hall–Kier alpha value is -1.79. The Morgan fingerprint density at radius 3 is 2.95 bits per heavy atom. The molecule has 1 aromatic rings. The van der Waals surface area contributed by atoms with E-state index in [2.05, 4.69) is 10.1 Å². The van der Waals surface area contributed by atoms with Crippen molar-refractivity contribution in [3.8, 4) is 5.75 Å². The predicted octanol–water partition coefficient (Wildman–Crippen LogP) is 0.604. The number of aliphatic hydroxyl groups excluding tert-OH is 1. The van der Waals surface area contributed by atoms with Crippen LogP contribution in [0.4, 0.5) is 0 Å². The van der Waals surface area contributed by atoms with Crippen LogP contribution in [0.15, 0.2) is 23.4 Å². The average molecular weight is 279 g/mol. The van der Waals surface area contributed by atoms with E-state index in [0.29, 0.717) is 17.2 Å². The van der Waals surface area contributed by atoms with E-state index in [-0.39, 0.29) is 12.4 Å². The molecule has 0 aromatic heterocycles. The van der Waals surface area contributed by atoms with Gasteiger partial charge in [-0.15, -0.1) is 0 Å². The number of amidine groups is 1. The molecule has 1 aliphatic heterocycles. The molecule has 2 rings (SSSR count). The van der Waals surface area contributed by atoms with E-state index >= 15 is 0 Å². The number of oxime groups is 1. The van der Waals surface area contributed by atoms with E-state index in [9.17, 15) is 0 Å². The second-order valence-corrected chi connectivity index (χ2v) is 5.09. The molecular formula is C14H21N3O3. The number of nitrogens with two attached hydrogens (primary N) is 1. The maximum absolute atomic E-state index is 9.16. The molecule has 4 N–H and O–H groups in total. The highest BCUT2D eigenvalue weighted by Crippen LogP contribution is 2.23. The largest absolute Gasteiger partial charge is 0.496 e. The van der Waals surface area contributed by atoms with E-state index < -0.39 is 0 Å². The van der Waals surface area contributed by atoms with Gasteiger partial charge in [0.25, 0.3) is 0 Å². The molecular weight excluding hydrogens is 258 g/mol. The zero-order valence-corrected chi connectivity index (χ0v) is 11.6. The van der Waals surface area contributed by atoms with Crippen molar-refractivity contribution in [2.24, 2.45) is 16.8 Å². The van der Waals surface area contributed by atoms with Crippen molar-refractivity contribution in [2.45, 2.75) is 13.0 Å². The molecule has 1 unspecified atom stereocenters. The van der Waals surface area contributed by atoms with Crippen LogP contribution in [0.2, 0.25) is 0 Å². The Bertz CT molecular complexity index is 491. The molecule has 0 bridgehead atoms. The Labute approximate surface area is 118 Å². The number of hydrogen-bond acceptors (Lipinski definition) is 5. The zero-order chi connectivity index (χ0) is 14.5. The third kappa shape index (κ3) is 3.20. The lowest BCUT2D eigenvalue weighted by molar-refractivity contribution is 0.220. The van der Waals surface area contributed by atoms with Crippen LogP contribution in [0.1, 0.15) is 17.5 Å². The van der Waals surface area contributed by atoms with Crippen molar-refractivity contribution in [1.82, 2.24) is 4.90 Å². The van der Waals surface area contributed by atoms with Gasteiger partial charge in [-0.2, -0.15) is 0 Å². The monoisotopic (exact) mass is 279 g/mol. The summed E-state index contributed by atoms with van der Waals surface area (Å²) in [5, 5.41) is 20.9. The maximum Gasteiger partial charge on any atom is 0.173 e. The second kappa shape index (κ2) is 6.58.